The number of aromatic nitrogens is 2. The summed E-state index contributed by atoms with van der Waals surface area (Å²) in [5.74, 6) is 0.109. The van der Waals surface area contributed by atoms with Crippen molar-refractivity contribution in [2.45, 2.75) is 31.8 Å². The van der Waals surface area contributed by atoms with Gasteiger partial charge in [0.2, 0.25) is 0 Å². The van der Waals surface area contributed by atoms with Crippen LogP contribution in [-0.4, -0.2) is 28.3 Å². The minimum atomic E-state index is -0.551. The summed E-state index contributed by atoms with van der Waals surface area (Å²) in [6.45, 7) is 9.49. The second kappa shape index (κ2) is 8.48. The van der Waals surface area contributed by atoms with Gasteiger partial charge in [-0.25, -0.2) is 9.78 Å². The van der Waals surface area contributed by atoms with Crippen LogP contribution in [0.4, 0.5) is 5.82 Å². The zero-order valence-electron chi connectivity index (χ0n) is 16.2. The molecule has 2 heterocycles. The lowest BCUT2D eigenvalue weighted by Crippen LogP contribution is -2.31. The monoisotopic (exact) mass is 397 g/mol. The molecule has 0 fully saturated rings. The van der Waals surface area contributed by atoms with Gasteiger partial charge in [-0.1, -0.05) is 47.7 Å². The average molecular weight is 398 g/mol. The van der Waals surface area contributed by atoms with Crippen LogP contribution in [0, 0.1) is 6.92 Å². The van der Waals surface area contributed by atoms with Gasteiger partial charge >= 0.3 is 5.97 Å². The first-order valence-corrected chi connectivity index (χ1v) is 10.0. The minimum absolute atomic E-state index is 0.259. The van der Waals surface area contributed by atoms with Crippen molar-refractivity contribution in [1.29, 1.82) is 0 Å². The predicted octanol–water partition coefficient (Wildman–Crippen LogP) is 3.75. The Bertz CT molecular complexity index is 1010. The highest BCUT2D eigenvalue weighted by molar-refractivity contribution is 7.99. The van der Waals surface area contributed by atoms with Crippen LogP contribution in [0.25, 0.3) is 0 Å². The van der Waals surface area contributed by atoms with E-state index in [1.54, 1.807) is 19.9 Å². The highest BCUT2D eigenvalue weighted by Crippen LogP contribution is 2.40. The van der Waals surface area contributed by atoms with Crippen LogP contribution in [0.2, 0.25) is 0 Å². The number of aryl methyl sites for hydroxylation is 1. The van der Waals surface area contributed by atoms with E-state index in [1.807, 2.05) is 31.2 Å². The van der Waals surface area contributed by atoms with Crippen molar-refractivity contribution in [2.75, 3.05) is 17.7 Å². The smallest absolute Gasteiger partial charge is 0.336 e. The summed E-state index contributed by atoms with van der Waals surface area (Å²) in [5, 5.41) is 3.64. The van der Waals surface area contributed by atoms with Crippen molar-refractivity contribution >= 4 is 23.5 Å². The van der Waals surface area contributed by atoms with E-state index in [-0.39, 0.29) is 12.2 Å². The number of fused-ring (bicyclic) bond motifs is 1. The van der Waals surface area contributed by atoms with Gasteiger partial charge in [-0.3, -0.25) is 4.79 Å². The molecule has 1 atom stereocenters. The van der Waals surface area contributed by atoms with Crippen LogP contribution in [0.1, 0.15) is 36.5 Å². The average Bonchev–Trinajstić information content (AvgIpc) is 2.65. The van der Waals surface area contributed by atoms with Gasteiger partial charge in [-0.05, 0) is 26.3 Å². The number of esters is 1. The fraction of sp³-hybridized carbons (Fsp3) is 0.286. The summed E-state index contributed by atoms with van der Waals surface area (Å²) >= 11 is 1.39. The zero-order valence-corrected chi connectivity index (χ0v) is 17.0. The van der Waals surface area contributed by atoms with Gasteiger partial charge in [0, 0.05) is 11.4 Å². The molecule has 1 aliphatic rings. The van der Waals surface area contributed by atoms with Crippen LogP contribution >= 0.6 is 11.8 Å². The second-order valence-corrected chi connectivity index (χ2v) is 7.47. The van der Waals surface area contributed by atoms with Crippen molar-refractivity contribution in [3.05, 3.63) is 75.2 Å². The Morgan fingerprint density at radius 2 is 2.18 bits per heavy atom. The van der Waals surface area contributed by atoms with Gasteiger partial charge in [-0.15, -0.1) is 6.58 Å². The summed E-state index contributed by atoms with van der Waals surface area (Å²) in [6.07, 6.45) is 1.75. The molecule has 0 spiro atoms. The third kappa shape index (κ3) is 3.89. The van der Waals surface area contributed by atoms with E-state index in [0.29, 0.717) is 33.6 Å². The molecule has 3 rings (SSSR count). The fourth-order valence-corrected chi connectivity index (χ4v) is 3.90. The van der Waals surface area contributed by atoms with E-state index in [0.717, 1.165) is 11.1 Å². The molecule has 0 saturated carbocycles. The number of anilines is 1. The number of ether oxygens (including phenoxy) is 1. The number of hydrogen-bond donors (Lipinski definition) is 2. The third-order valence-electron chi connectivity index (χ3n) is 4.43. The normalized spacial score (nSPS) is 15.6. The number of hydrogen-bond acceptors (Lipinski definition) is 6. The molecule has 0 saturated heterocycles. The first kappa shape index (κ1) is 19.9. The number of benzene rings is 1. The standard InChI is InChI=1S/C21H23N3O3S/c1-5-10-28-21-23-18-17(19(25)24-21)16(14-9-7-8-12(3)11-14)15(13(4)22-18)20(26)27-6-2/h5,7-9,11,16H,1,6,10H2,2-4H3,(H2,22,23,24,25)/t16-/m1/s1. The number of aromatic amines is 1. The number of nitrogens with one attached hydrogen (secondary N) is 2. The number of allylic oxidation sites excluding steroid dienone is 1. The lowest BCUT2D eigenvalue weighted by molar-refractivity contribution is -0.138. The van der Waals surface area contributed by atoms with E-state index in [2.05, 4.69) is 21.9 Å². The van der Waals surface area contributed by atoms with Gasteiger partial charge in [0.05, 0.1) is 23.7 Å². The maximum atomic E-state index is 13.0. The quantitative estimate of drug-likeness (QED) is 0.334. The second-order valence-electron chi connectivity index (χ2n) is 6.46. The van der Waals surface area contributed by atoms with E-state index in [1.165, 1.54) is 11.8 Å². The molecule has 0 bridgehead atoms. The highest BCUT2D eigenvalue weighted by atomic mass is 32.2. The number of thioether (sulfide) groups is 1. The van der Waals surface area contributed by atoms with Gasteiger partial charge < -0.3 is 15.0 Å². The maximum absolute atomic E-state index is 13.0. The van der Waals surface area contributed by atoms with Gasteiger partial charge in [0.25, 0.3) is 5.56 Å². The molecule has 0 unspecified atom stereocenters. The summed E-state index contributed by atoms with van der Waals surface area (Å²) < 4.78 is 5.28. The molecule has 2 aromatic rings. The maximum Gasteiger partial charge on any atom is 0.336 e. The van der Waals surface area contributed by atoms with Crippen LogP contribution in [-0.2, 0) is 9.53 Å². The number of H-pyrrole nitrogens is 1. The number of carbonyl (C=O) groups is 1. The Labute approximate surface area is 168 Å². The SMILES string of the molecule is C=CCSc1nc2c(c(=O)[nH]1)[C@H](c1cccc(C)c1)C(C(=O)OCC)=C(C)N2. The molecule has 1 aromatic heterocycles. The Hall–Kier alpha value is -2.80. The largest absolute Gasteiger partial charge is 0.463 e. The molecule has 2 N–H and O–H groups in total. The summed E-state index contributed by atoms with van der Waals surface area (Å²) in [5.41, 5.74) is 3.10. The molecule has 6 nitrogen and oxygen atoms in total. The molecule has 1 aliphatic heterocycles. The number of rotatable bonds is 6. The van der Waals surface area contributed by atoms with Crippen LogP contribution < -0.4 is 10.9 Å². The molecule has 0 radical (unpaired) electrons. The van der Waals surface area contributed by atoms with Crippen molar-refractivity contribution in [3.8, 4) is 0 Å². The Morgan fingerprint density at radius 1 is 1.39 bits per heavy atom. The first-order chi connectivity index (χ1) is 13.5. The Morgan fingerprint density at radius 3 is 2.86 bits per heavy atom. The van der Waals surface area contributed by atoms with Gasteiger partial charge in [-0.2, -0.15) is 0 Å². The minimum Gasteiger partial charge on any atom is -0.463 e. The van der Waals surface area contributed by atoms with Crippen molar-refractivity contribution < 1.29 is 9.53 Å². The number of carbonyl (C=O) groups excluding carboxylic acids is 1. The zero-order chi connectivity index (χ0) is 20.3. The van der Waals surface area contributed by atoms with E-state index < -0.39 is 11.9 Å². The molecule has 0 aliphatic carbocycles. The summed E-state index contributed by atoms with van der Waals surface area (Å²) in [6, 6.07) is 7.79. The predicted molar refractivity (Wildman–Crippen MR) is 112 cm³/mol. The molecular weight excluding hydrogens is 374 g/mol. The van der Waals surface area contributed by atoms with E-state index in [4.69, 9.17) is 4.74 Å². The molecule has 146 valence electrons. The Balaban J connectivity index is 2.21. The highest BCUT2D eigenvalue weighted by Gasteiger charge is 2.36. The molecule has 1 aromatic carbocycles. The fourth-order valence-electron chi connectivity index (χ4n) is 3.30. The summed E-state index contributed by atoms with van der Waals surface area (Å²) in [7, 11) is 0. The van der Waals surface area contributed by atoms with Crippen molar-refractivity contribution in [2.24, 2.45) is 0 Å². The summed E-state index contributed by atoms with van der Waals surface area (Å²) in [4.78, 5) is 33.1. The topological polar surface area (TPSA) is 84.1 Å². The van der Waals surface area contributed by atoms with Crippen LogP contribution in [0.3, 0.4) is 0 Å². The molecule has 0 amide bonds. The lowest BCUT2D eigenvalue weighted by Gasteiger charge is -2.29. The molecule has 7 heteroatoms. The van der Waals surface area contributed by atoms with Crippen molar-refractivity contribution in [1.82, 2.24) is 9.97 Å². The van der Waals surface area contributed by atoms with Gasteiger partial charge in [0.1, 0.15) is 5.82 Å². The van der Waals surface area contributed by atoms with Crippen molar-refractivity contribution in [3.63, 3.8) is 0 Å². The third-order valence-corrected chi connectivity index (χ3v) is 5.30. The molecule has 28 heavy (non-hydrogen) atoms. The number of nitrogens with zero attached hydrogens (tertiary/aromatic N) is 1. The van der Waals surface area contributed by atoms with E-state index >= 15 is 0 Å². The first-order valence-electron chi connectivity index (χ1n) is 9.05. The van der Waals surface area contributed by atoms with Crippen LogP contribution in [0.15, 0.2) is 58.1 Å². The van der Waals surface area contributed by atoms with Crippen LogP contribution in [0.5, 0.6) is 0 Å². The van der Waals surface area contributed by atoms with E-state index in [9.17, 15) is 9.59 Å². The molecular formula is C21H23N3O3S. The van der Waals surface area contributed by atoms with Gasteiger partial charge in [0.15, 0.2) is 5.16 Å². The Kier molecular flexibility index (Phi) is 6.04. The lowest BCUT2D eigenvalue weighted by atomic mass is 9.82.